The SMILES string of the molecule is O=C1NC(=O)C2(CCCC(=O)N2c2ccc(Oc3ccc(-c4nnco4)cc3)nc2)C(=O)N1. The molecule has 2 aliphatic rings. The summed E-state index contributed by atoms with van der Waals surface area (Å²) in [5.74, 6) is -1.00. The van der Waals surface area contributed by atoms with Crippen molar-refractivity contribution in [2.75, 3.05) is 4.90 Å². The van der Waals surface area contributed by atoms with Gasteiger partial charge in [-0.1, -0.05) is 0 Å². The van der Waals surface area contributed by atoms with Crippen LogP contribution in [-0.2, 0) is 14.4 Å². The first-order valence-corrected chi connectivity index (χ1v) is 9.98. The maximum atomic E-state index is 12.8. The van der Waals surface area contributed by atoms with Crippen LogP contribution in [0.15, 0.2) is 53.4 Å². The second kappa shape index (κ2) is 7.82. The molecule has 2 saturated heterocycles. The van der Waals surface area contributed by atoms with Gasteiger partial charge >= 0.3 is 6.03 Å². The third-order valence-corrected chi connectivity index (χ3v) is 5.43. The quantitative estimate of drug-likeness (QED) is 0.565. The molecule has 0 radical (unpaired) electrons. The molecule has 0 aliphatic carbocycles. The van der Waals surface area contributed by atoms with E-state index in [0.29, 0.717) is 18.1 Å². The lowest BCUT2D eigenvalue weighted by Crippen LogP contribution is -2.75. The van der Waals surface area contributed by atoms with Crippen LogP contribution >= 0.6 is 0 Å². The number of piperidine rings is 1. The molecule has 2 fully saturated rings. The van der Waals surface area contributed by atoms with Gasteiger partial charge in [-0.3, -0.25) is 29.9 Å². The number of nitrogens with zero attached hydrogens (tertiary/aromatic N) is 4. The summed E-state index contributed by atoms with van der Waals surface area (Å²) in [5, 5.41) is 11.6. The molecule has 0 unspecified atom stereocenters. The van der Waals surface area contributed by atoms with Crippen molar-refractivity contribution in [3.8, 4) is 23.1 Å². The van der Waals surface area contributed by atoms with Gasteiger partial charge in [0.05, 0.1) is 11.9 Å². The highest BCUT2D eigenvalue weighted by molar-refractivity contribution is 6.27. The Labute approximate surface area is 185 Å². The minimum atomic E-state index is -1.85. The number of carbonyl (C=O) groups excluding carboxylic acids is 4. The number of hydrogen-bond donors (Lipinski definition) is 2. The van der Waals surface area contributed by atoms with E-state index in [0.717, 1.165) is 10.5 Å². The molecule has 4 heterocycles. The van der Waals surface area contributed by atoms with Gasteiger partial charge in [0.1, 0.15) is 5.75 Å². The number of benzene rings is 1. The summed E-state index contributed by atoms with van der Waals surface area (Å²) in [6, 6.07) is 9.01. The monoisotopic (exact) mass is 448 g/mol. The van der Waals surface area contributed by atoms with Crippen molar-refractivity contribution in [3.63, 3.8) is 0 Å². The highest BCUT2D eigenvalue weighted by atomic mass is 16.5. The minimum Gasteiger partial charge on any atom is -0.439 e. The van der Waals surface area contributed by atoms with Gasteiger partial charge in [-0.25, -0.2) is 9.78 Å². The fourth-order valence-corrected chi connectivity index (χ4v) is 3.92. The Hall–Kier alpha value is -4.61. The minimum absolute atomic E-state index is 0.0777. The van der Waals surface area contributed by atoms with E-state index in [1.165, 1.54) is 24.7 Å². The molecule has 1 aromatic carbocycles. The van der Waals surface area contributed by atoms with E-state index in [9.17, 15) is 19.2 Å². The fourth-order valence-electron chi connectivity index (χ4n) is 3.92. The lowest BCUT2D eigenvalue weighted by Gasteiger charge is -2.45. The Kier molecular flexibility index (Phi) is 4.81. The molecule has 12 heteroatoms. The smallest absolute Gasteiger partial charge is 0.328 e. The number of nitrogens with one attached hydrogen (secondary N) is 2. The number of hydrogen-bond acceptors (Lipinski definition) is 9. The van der Waals surface area contributed by atoms with Crippen LogP contribution in [0.3, 0.4) is 0 Å². The van der Waals surface area contributed by atoms with Crippen LogP contribution in [0, 0.1) is 0 Å². The number of anilines is 1. The average molecular weight is 448 g/mol. The molecule has 0 bridgehead atoms. The lowest BCUT2D eigenvalue weighted by molar-refractivity contribution is -0.143. The van der Waals surface area contributed by atoms with Crippen molar-refractivity contribution in [2.24, 2.45) is 0 Å². The normalized spacial score (nSPS) is 17.6. The summed E-state index contributed by atoms with van der Waals surface area (Å²) in [7, 11) is 0. The lowest BCUT2D eigenvalue weighted by atomic mass is 9.82. The zero-order chi connectivity index (χ0) is 23.0. The zero-order valence-electron chi connectivity index (χ0n) is 17.0. The molecular weight excluding hydrogens is 432 g/mol. The summed E-state index contributed by atoms with van der Waals surface area (Å²) < 4.78 is 10.9. The summed E-state index contributed by atoms with van der Waals surface area (Å²) in [4.78, 5) is 55.0. The van der Waals surface area contributed by atoms with Gasteiger partial charge in [0.15, 0.2) is 0 Å². The van der Waals surface area contributed by atoms with Gasteiger partial charge in [0.25, 0.3) is 11.8 Å². The third kappa shape index (κ3) is 3.46. The molecule has 166 valence electrons. The summed E-state index contributed by atoms with van der Waals surface area (Å²) >= 11 is 0. The Morgan fingerprint density at radius 2 is 1.76 bits per heavy atom. The standard InChI is InChI=1S/C21H16N6O6/c28-16-2-1-9-21(18(29)24-20(31)25-19(21)30)27(16)13-5-8-15(22-10-13)33-14-6-3-12(4-7-14)17-26-23-11-32-17/h3-8,10-11H,1-2,9H2,(H2,24,25,29,30,31). The predicted octanol–water partition coefficient (Wildman–Crippen LogP) is 1.55. The van der Waals surface area contributed by atoms with Crippen molar-refractivity contribution >= 4 is 29.4 Å². The Balaban J connectivity index is 1.39. The van der Waals surface area contributed by atoms with Crippen LogP contribution in [0.2, 0.25) is 0 Å². The van der Waals surface area contributed by atoms with Crippen LogP contribution in [0.4, 0.5) is 10.5 Å². The van der Waals surface area contributed by atoms with E-state index < -0.39 is 29.3 Å². The topological polar surface area (TPSA) is 157 Å². The summed E-state index contributed by atoms with van der Waals surface area (Å²) in [5.41, 5.74) is -0.893. The molecule has 3 aromatic rings. The van der Waals surface area contributed by atoms with Gasteiger partial charge in [-0.15, -0.1) is 10.2 Å². The number of pyridine rings is 1. The van der Waals surface area contributed by atoms with Crippen molar-refractivity contribution in [1.29, 1.82) is 0 Å². The van der Waals surface area contributed by atoms with Crippen LogP contribution in [0.5, 0.6) is 11.6 Å². The molecule has 2 aromatic heterocycles. The Morgan fingerprint density at radius 3 is 2.39 bits per heavy atom. The number of ether oxygens (including phenoxy) is 1. The van der Waals surface area contributed by atoms with E-state index in [1.54, 1.807) is 24.3 Å². The van der Waals surface area contributed by atoms with Crippen LogP contribution in [-0.4, -0.2) is 44.5 Å². The van der Waals surface area contributed by atoms with Gasteiger partial charge in [0.2, 0.25) is 29.6 Å². The molecule has 5 amide bonds. The van der Waals surface area contributed by atoms with Gasteiger partial charge < -0.3 is 9.15 Å². The van der Waals surface area contributed by atoms with Crippen LogP contribution < -0.4 is 20.3 Å². The van der Waals surface area contributed by atoms with E-state index in [-0.39, 0.29) is 24.4 Å². The molecule has 2 N–H and O–H groups in total. The Bertz CT molecular complexity index is 1220. The van der Waals surface area contributed by atoms with Gasteiger partial charge in [-0.2, -0.15) is 0 Å². The second-order valence-electron chi connectivity index (χ2n) is 7.41. The summed E-state index contributed by atoms with van der Waals surface area (Å²) in [6.45, 7) is 0. The number of carbonyl (C=O) groups is 4. The van der Waals surface area contributed by atoms with E-state index in [1.807, 2.05) is 0 Å². The van der Waals surface area contributed by atoms with Crippen molar-refractivity contribution in [2.45, 2.75) is 24.8 Å². The average Bonchev–Trinajstić information content (AvgIpc) is 3.34. The van der Waals surface area contributed by atoms with Gasteiger partial charge in [0, 0.05) is 18.1 Å². The maximum Gasteiger partial charge on any atom is 0.328 e. The number of urea groups is 1. The first kappa shape index (κ1) is 20.3. The fraction of sp³-hybridized carbons (Fsp3) is 0.190. The molecule has 5 rings (SSSR count). The van der Waals surface area contributed by atoms with E-state index in [2.05, 4.69) is 25.8 Å². The molecule has 0 saturated carbocycles. The highest BCUT2D eigenvalue weighted by Crippen LogP contribution is 2.36. The number of rotatable bonds is 4. The number of amides is 5. The van der Waals surface area contributed by atoms with Crippen molar-refractivity contribution in [3.05, 3.63) is 49.0 Å². The maximum absolute atomic E-state index is 12.8. The molecule has 2 aliphatic heterocycles. The molecule has 1 spiro atoms. The largest absolute Gasteiger partial charge is 0.439 e. The van der Waals surface area contributed by atoms with Gasteiger partial charge in [-0.05, 0) is 43.2 Å². The first-order chi connectivity index (χ1) is 16.0. The molecular formula is C21H16N6O6. The van der Waals surface area contributed by atoms with Crippen LogP contribution in [0.1, 0.15) is 19.3 Å². The van der Waals surface area contributed by atoms with Crippen molar-refractivity contribution in [1.82, 2.24) is 25.8 Å². The van der Waals surface area contributed by atoms with Crippen LogP contribution in [0.25, 0.3) is 11.5 Å². The van der Waals surface area contributed by atoms with E-state index in [4.69, 9.17) is 9.15 Å². The molecule has 33 heavy (non-hydrogen) atoms. The van der Waals surface area contributed by atoms with E-state index >= 15 is 0 Å². The predicted molar refractivity (Wildman–Crippen MR) is 110 cm³/mol. The van der Waals surface area contributed by atoms with Crippen molar-refractivity contribution < 1.29 is 28.3 Å². The molecule has 12 nitrogen and oxygen atoms in total. The third-order valence-electron chi connectivity index (χ3n) is 5.43. The number of imide groups is 2. The first-order valence-electron chi connectivity index (χ1n) is 9.98. The second-order valence-corrected chi connectivity index (χ2v) is 7.41. The summed E-state index contributed by atoms with van der Waals surface area (Å²) in [6.07, 6.45) is 3.14. The number of barbiturate groups is 1. The zero-order valence-corrected chi connectivity index (χ0v) is 17.0. The molecule has 0 atom stereocenters. The number of aromatic nitrogens is 3. The Morgan fingerprint density at radius 1 is 1.00 bits per heavy atom. The highest BCUT2D eigenvalue weighted by Gasteiger charge is 2.58.